The van der Waals surface area contributed by atoms with Gasteiger partial charge in [0.15, 0.2) is 0 Å². The third kappa shape index (κ3) is 3.32. The van der Waals surface area contributed by atoms with Gasteiger partial charge in [0.05, 0.1) is 5.02 Å². The van der Waals surface area contributed by atoms with E-state index in [0.717, 1.165) is 5.56 Å². The maximum Gasteiger partial charge on any atom is 0.263 e. The van der Waals surface area contributed by atoms with E-state index in [1.807, 2.05) is 18.2 Å². The molecular weight excluding hydrogens is 294 g/mol. The Kier molecular flexibility index (Phi) is 4.35. The highest BCUT2D eigenvalue weighted by Crippen LogP contribution is 2.25. The molecule has 0 amide bonds. The first-order valence-corrected chi connectivity index (χ1v) is 8.13. The molecular formula is C15H16ClNO2S. The van der Waals surface area contributed by atoms with Gasteiger partial charge in [0.25, 0.3) is 10.0 Å². The van der Waals surface area contributed by atoms with Gasteiger partial charge in [-0.2, -0.15) is 0 Å². The van der Waals surface area contributed by atoms with Gasteiger partial charge in [-0.1, -0.05) is 49.7 Å². The van der Waals surface area contributed by atoms with E-state index in [-0.39, 0.29) is 9.92 Å². The minimum atomic E-state index is -3.67. The smallest absolute Gasteiger partial charge is 0.263 e. The summed E-state index contributed by atoms with van der Waals surface area (Å²) in [5, 5.41) is 0.208. The molecule has 1 N–H and O–H groups in total. The number of hydrogen-bond acceptors (Lipinski definition) is 2. The van der Waals surface area contributed by atoms with Crippen molar-refractivity contribution in [3.8, 4) is 0 Å². The van der Waals surface area contributed by atoms with Crippen LogP contribution in [0.3, 0.4) is 0 Å². The van der Waals surface area contributed by atoms with Gasteiger partial charge in [-0.05, 0) is 35.7 Å². The number of anilines is 1. The second-order valence-electron chi connectivity index (χ2n) is 4.82. The fourth-order valence-corrected chi connectivity index (χ4v) is 3.40. The van der Waals surface area contributed by atoms with E-state index >= 15 is 0 Å². The Morgan fingerprint density at radius 1 is 1.05 bits per heavy atom. The van der Waals surface area contributed by atoms with Gasteiger partial charge in [0.1, 0.15) is 4.90 Å². The number of benzene rings is 2. The first-order valence-electron chi connectivity index (χ1n) is 6.27. The highest BCUT2D eigenvalue weighted by Gasteiger charge is 2.17. The van der Waals surface area contributed by atoms with Crippen molar-refractivity contribution in [2.45, 2.75) is 24.7 Å². The summed E-state index contributed by atoms with van der Waals surface area (Å²) < 4.78 is 27.2. The van der Waals surface area contributed by atoms with Crippen LogP contribution in [0.2, 0.25) is 5.02 Å². The van der Waals surface area contributed by atoms with Gasteiger partial charge in [-0.3, -0.25) is 4.72 Å². The van der Waals surface area contributed by atoms with E-state index in [9.17, 15) is 8.42 Å². The minimum absolute atomic E-state index is 0.0802. The Labute approximate surface area is 124 Å². The Morgan fingerprint density at radius 2 is 1.75 bits per heavy atom. The van der Waals surface area contributed by atoms with Crippen LogP contribution in [-0.4, -0.2) is 8.42 Å². The summed E-state index contributed by atoms with van der Waals surface area (Å²) in [6, 6.07) is 13.7. The third-order valence-electron chi connectivity index (χ3n) is 2.93. The van der Waals surface area contributed by atoms with E-state index in [4.69, 9.17) is 11.6 Å². The zero-order chi connectivity index (χ0) is 14.8. The molecule has 0 aliphatic heterocycles. The normalized spacial score (nSPS) is 11.6. The zero-order valence-corrected chi connectivity index (χ0v) is 12.9. The Balaban J connectivity index is 2.34. The summed E-state index contributed by atoms with van der Waals surface area (Å²) in [7, 11) is -3.67. The van der Waals surface area contributed by atoms with Gasteiger partial charge >= 0.3 is 0 Å². The van der Waals surface area contributed by atoms with E-state index < -0.39 is 10.0 Å². The summed E-state index contributed by atoms with van der Waals surface area (Å²) in [5.74, 6) is 0.333. The predicted octanol–water partition coefficient (Wildman–Crippen LogP) is 4.26. The van der Waals surface area contributed by atoms with E-state index in [1.54, 1.807) is 24.3 Å². The molecule has 2 rings (SSSR count). The van der Waals surface area contributed by atoms with E-state index in [0.29, 0.717) is 11.6 Å². The van der Waals surface area contributed by atoms with Gasteiger partial charge in [0.2, 0.25) is 0 Å². The number of sulfonamides is 1. The van der Waals surface area contributed by atoms with Crippen molar-refractivity contribution in [2.75, 3.05) is 4.72 Å². The fraction of sp³-hybridized carbons (Fsp3) is 0.200. The predicted molar refractivity (Wildman–Crippen MR) is 82.8 cm³/mol. The maximum absolute atomic E-state index is 12.3. The van der Waals surface area contributed by atoms with Crippen molar-refractivity contribution < 1.29 is 8.42 Å². The molecule has 0 aliphatic carbocycles. The molecule has 0 aliphatic rings. The largest absolute Gasteiger partial charge is 0.280 e. The van der Waals surface area contributed by atoms with Crippen LogP contribution in [0.15, 0.2) is 53.4 Å². The van der Waals surface area contributed by atoms with Crippen LogP contribution < -0.4 is 4.72 Å². The Bertz CT molecular complexity index is 711. The van der Waals surface area contributed by atoms with Crippen LogP contribution in [0.1, 0.15) is 25.3 Å². The van der Waals surface area contributed by atoms with Crippen LogP contribution in [0.25, 0.3) is 0 Å². The van der Waals surface area contributed by atoms with Crippen molar-refractivity contribution in [1.29, 1.82) is 0 Å². The number of hydrogen-bond donors (Lipinski definition) is 1. The molecule has 0 unspecified atom stereocenters. The van der Waals surface area contributed by atoms with Gasteiger partial charge in [0, 0.05) is 5.69 Å². The van der Waals surface area contributed by atoms with Crippen molar-refractivity contribution in [3.05, 3.63) is 59.1 Å². The molecule has 0 fully saturated rings. The molecule has 20 heavy (non-hydrogen) atoms. The molecule has 0 saturated carbocycles. The Morgan fingerprint density at radius 3 is 2.40 bits per heavy atom. The standard InChI is InChI=1S/C15H16ClNO2S/c1-11(2)12-6-5-7-13(10-12)17-20(18,19)15-9-4-3-8-14(15)16/h3-11,17H,1-2H3. The second kappa shape index (κ2) is 5.85. The second-order valence-corrected chi connectivity index (χ2v) is 6.87. The lowest BCUT2D eigenvalue weighted by Gasteiger charge is -2.11. The van der Waals surface area contributed by atoms with Crippen LogP contribution in [0, 0.1) is 0 Å². The van der Waals surface area contributed by atoms with Crippen LogP contribution >= 0.6 is 11.6 Å². The van der Waals surface area contributed by atoms with E-state index in [1.165, 1.54) is 6.07 Å². The molecule has 0 atom stereocenters. The summed E-state index contributed by atoms with van der Waals surface area (Å²) in [4.78, 5) is 0.0802. The summed E-state index contributed by atoms with van der Waals surface area (Å²) >= 11 is 5.94. The lowest BCUT2D eigenvalue weighted by atomic mass is 10.0. The number of nitrogens with one attached hydrogen (secondary N) is 1. The molecule has 106 valence electrons. The number of rotatable bonds is 4. The lowest BCUT2D eigenvalue weighted by molar-refractivity contribution is 0.601. The fourth-order valence-electron chi connectivity index (χ4n) is 1.83. The Hall–Kier alpha value is -1.52. The quantitative estimate of drug-likeness (QED) is 0.917. The minimum Gasteiger partial charge on any atom is -0.280 e. The van der Waals surface area contributed by atoms with Gasteiger partial charge in [-0.25, -0.2) is 8.42 Å². The molecule has 3 nitrogen and oxygen atoms in total. The molecule has 0 bridgehead atoms. The molecule has 5 heteroatoms. The third-order valence-corrected chi connectivity index (χ3v) is 4.81. The molecule has 0 heterocycles. The van der Waals surface area contributed by atoms with Gasteiger partial charge < -0.3 is 0 Å². The SMILES string of the molecule is CC(C)c1cccc(NS(=O)(=O)c2ccccc2Cl)c1. The van der Waals surface area contributed by atoms with Crippen molar-refractivity contribution in [1.82, 2.24) is 0 Å². The highest BCUT2D eigenvalue weighted by molar-refractivity contribution is 7.92. The van der Waals surface area contributed by atoms with Crippen molar-refractivity contribution in [3.63, 3.8) is 0 Å². The first-order chi connectivity index (χ1) is 9.40. The molecule has 0 spiro atoms. The maximum atomic E-state index is 12.3. The first kappa shape index (κ1) is 14.9. The molecule has 2 aromatic rings. The highest BCUT2D eigenvalue weighted by atomic mass is 35.5. The average Bonchev–Trinajstić information content (AvgIpc) is 2.38. The summed E-state index contributed by atoms with van der Waals surface area (Å²) in [6.07, 6.45) is 0. The molecule has 0 saturated heterocycles. The average molecular weight is 310 g/mol. The monoisotopic (exact) mass is 309 g/mol. The summed E-state index contributed by atoms with van der Waals surface area (Å²) in [6.45, 7) is 4.11. The van der Waals surface area contributed by atoms with E-state index in [2.05, 4.69) is 18.6 Å². The molecule has 0 radical (unpaired) electrons. The van der Waals surface area contributed by atoms with Crippen molar-refractivity contribution in [2.24, 2.45) is 0 Å². The van der Waals surface area contributed by atoms with Gasteiger partial charge in [-0.15, -0.1) is 0 Å². The van der Waals surface area contributed by atoms with Crippen molar-refractivity contribution >= 4 is 27.3 Å². The van der Waals surface area contributed by atoms with Crippen LogP contribution in [0.5, 0.6) is 0 Å². The topological polar surface area (TPSA) is 46.2 Å². The molecule has 2 aromatic carbocycles. The molecule has 0 aromatic heterocycles. The van der Waals surface area contributed by atoms with Crippen LogP contribution in [0.4, 0.5) is 5.69 Å². The lowest BCUT2D eigenvalue weighted by Crippen LogP contribution is -2.13. The zero-order valence-electron chi connectivity index (χ0n) is 11.3. The van der Waals surface area contributed by atoms with Crippen LogP contribution in [-0.2, 0) is 10.0 Å². The summed E-state index contributed by atoms with van der Waals surface area (Å²) in [5.41, 5.74) is 1.61. The number of halogens is 1.